The Balaban J connectivity index is 1.16. The molecule has 0 unspecified atom stereocenters. The second-order valence-electron chi connectivity index (χ2n) is 9.79. The van der Waals surface area contributed by atoms with E-state index < -0.39 is 0 Å². The molecule has 0 radical (unpaired) electrons. The van der Waals surface area contributed by atoms with Gasteiger partial charge in [0.1, 0.15) is 0 Å². The van der Waals surface area contributed by atoms with Crippen LogP contribution >= 0.6 is 0 Å². The SMILES string of the molecule is C[C@H]1CN(c2ccnc3c2cnn3C)Cc2ccc(N3CCN(Cc4cn(C)cn4)CC3)cc21. The van der Waals surface area contributed by atoms with Crippen LogP contribution in [-0.2, 0) is 27.2 Å². The van der Waals surface area contributed by atoms with Crippen molar-refractivity contribution >= 4 is 22.4 Å². The summed E-state index contributed by atoms with van der Waals surface area (Å²) in [5.74, 6) is 0.467. The van der Waals surface area contributed by atoms with Gasteiger partial charge in [-0.15, -0.1) is 0 Å². The lowest BCUT2D eigenvalue weighted by molar-refractivity contribution is 0.247. The highest BCUT2D eigenvalue weighted by atomic mass is 15.3. The normalized spacial score (nSPS) is 19.1. The summed E-state index contributed by atoms with van der Waals surface area (Å²) in [7, 11) is 3.98. The smallest absolute Gasteiger partial charge is 0.159 e. The van der Waals surface area contributed by atoms with Crippen LogP contribution < -0.4 is 9.80 Å². The highest BCUT2D eigenvalue weighted by Gasteiger charge is 2.26. The van der Waals surface area contributed by atoms with Gasteiger partial charge in [-0.3, -0.25) is 9.58 Å². The molecule has 4 aromatic rings. The largest absolute Gasteiger partial charge is 0.369 e. The molecule has 5 heterocycles. The number of rotatable bonds is 4. The molecule has 1 aromatic carbocycles. The Bertz CT molecular complexity index is 1310. The van der Waals surface area contributed by atoms with Crippen molar-refractivity contribution < 1.29 is 0 Å². The molecule has 1 atom stereocenters. The minimum absolute atomic E-state index is 0.467. The summed E-state index contributed by atoms with van der Waals surface area (Å²) in [6, 6.07) is 9.23. The molecule has 3 aromatic heterocycles. The quantitative estimate of drug-likeness (QED) is 0.470. The first-order valence-electron chi connectivity index (χ1n) is 12.1. The third kappa shape index (κ3) is 3.81. The predicted octanol–water partition coefficient (Wildman–Crippen LogP) is 3.15. The minimum atomic E-state index is 0.467. The first-order valence-corrected chi connectivity index (χ1v) is 12.1. The van der Waals surface area contributed by atoms with E-state index in [4.69, 9.17) is 0 Å². The summed E-state index contributed by atoms with van der Waals surface area (Å²) >= 11 is 0. The molecule has 1 saturated heterocycles. The van der Waals surface area contributed by atoms with Crippen LogP contribution in [-0.4, -0.2) is 61.9 Å². The fraction of sp³-hybridized carbons (Fsp3) is 0.423. The maximum atomic E-state index is 4.51. The van der Waals surface area contributed by atoms with Crippen LogP contribution in [0.3, 0.4) is 0 Å². The molecule has 0 amide bonds. The topological polar surface area (TPSA) is 58.3 Å². The van der Waals surface area contributed by atoms with Crippen molar-refractivity contribution in [1.82, 2.24) is 29.2 Å². The Kier molecular flexibility index (Phi) is 5.25. The number of aryl methyl sites for hydroxylation is 2. The lowest BCUT2D eigenvalue weighted by atomic mass is 9.90. The number of fused-ring (bicyclic) bond motifs is 2. The van der Waals surface area contributed by atoms with E-state index in [0.29, 0.717) is 5.92 Å². The predicted molar refractivity (Wildman–Crippen MR) is 135 cm³/mol. The Morgan fingerprint density at radius 2 is 1.85 bits per heavy atom. The van der Waals surface area contributed by atoms with Gasteiger partial charge in [0, 0.05) is 78.0 Å². The standard InChI is InChI=1S/C26H32N8/c1-19-14-34(25-6-7-27-26-24(25)13-29-31(26)3)15-20-4-5-22(12-23(19)20)33-10-8-32(9-11-33)17-21-16-30(2)18-28-21/h4-7,12-13,16,18-19H,8-11,14-15,17H2,1-3H3/t19-/m0/s1. The molecular weight excluding hydrogens is 424 g/mol. The van der Waals surface area contributed by atoms with E-state index >= 15 is 0 Å². The molecule has 2 aliphatic heterocycles. The van der Waals surface area contributed by atoms with Gasteiger partial charge < -0.3 is 14.4 Å². The van der Waals surface area contributed by atoms with E-state index in [1.165, 1.54) is 22.5 Å². The fourth-order valence-electron chi connectivity index (χ4n) is 5.52. The molecule has 0 bridgehead atoms. The maximum absolute atomic E-state index is 4.51. The average Bonchev–Trinajstić information content (AvgIpc) is 3.44. The number of pyridine rings is 1. The number of nitrogens with zero attached hydrogens (tertiary/aromatic N) is 8. The fourth-order valence-corrected chi connectivity index (χ4v) is 5.52. The van der Waals surface area contributed by atoms with Gasteiger partial charge >= 0.3 is 0 Å². The molecular formula is C26H32N8. The van der Waals surface area contributed by atoms with Gasteiger partial charge in [0.2, 0.25) is 0 Å². The van der Waals surface area contributed by atoms with Crippen molar-refractivity contribution in [3.05, 3.63) is 66.0 Å². The second-order valence-corrected chi connectivity index (χ2v) is 9.79. The molecule has 34 heavy (non-hydrogen) atoms. The van der Waals surface area contributed by atoms with Gasteiger partial charge in [0.25, 0.3) is 0 Å². The summed E-state index contributed by atoms with van der Waals surface area (Å²) < 4.78 is 3.87. The minimum Gasteiger partial charge on any atom is -0.369 e. The average molecular weight is 457 g/mol. The van der Waals surface area contributed by atoms with Gasteiger partial charge in [-0.05, 0) is 35.2 Å². The zero-order valence-electron chi connectivity index (χ0n) is 20.2. The molecule has 0 saturated carbocycles. The van der Waals surface area contributed by atoms with Crippen LogP contribution in [0.5, 0.6) is 0 Å². The Morgan fingerprint density at radius 3 is 2.65 bits per heavy atom. The summed E-state index contributed by atoms with van der Waals surface area (Å²) in [5.41, 5.74) is 7.58. The number of anilines is 2. The third-order valence-corrected chi connectivity index (χ3v) is 7.35. The molecule has 6 rings (SSSR count). The molecule has 8 heteroatoms. The first-order chi connectivity index (χ1) is 16.5. The zero-order chi connectivity index (χ0) is 23.2. The molecule has 0 N–H and O–H groups in total. The molecule has 2 aliphatic rings. The lowest BCUT2D eigenvalue weighted by Crippen LogP contribution is -2.46. The molecule has 176 valence electrons. The van der Waals surface area contributed by atoms with E-state index in [1.807, 2.05) is 42.1 Å². The van der Waals surface area contributed by atoms with Gasteiger partial charge in [0.05, 0.1) is 29.3 Å². The lowest BCUT2D eigenvalue weighted by Gasteiger charge is -2.38. The van der Waals surface area contributed by atoms with Crippen molar-refractivity contribution in [2.75, 3.05) is 42.5 Å². The van der Waals surface area contributed by atoms with Crippen LogP contribution in [0.4, 0.5) is 11.4 Å². The maximum Gasteiger partial charge on any atom is 0.159 e. The zero-order valence-corrected chi connectivity index (χ0v) is 20.2. The van der Waals surface area contributed by atoms with Crippen LogP contribution in [0.25, 0.3) is 11.0 Å². The van der Waals surface area contributed by atoms with E-state index in [0.717, 1.165) is 62.5 Å². The number of imidazole rings is 1. The highest BCUT2D eigenvalue weighted by Crippen LogP contribution is 2.36. The van der Waals surface area contributed by atoms with E-state index in [9.17, 15) is 0 Å². The van der Waals surface area contributed by atoms with Gasteiger partial charge in [-0.25, -0.2) is 9.97 Å². The van der Waals surface area contributed by atoms with Gasteiger partial charge in [0.15, 0.2) is 5.65 Å². The Hall–Kier alpha value is -3.39. The van der Waals surface area contributed by atoms with Gasteiger partial charge in [-0.2, -0.15) is 5.10 Å². The summed E-state index contributed by atoms with van der Waals surface area (Å²) in [4.78, 5) is 16.5. The molecule has 0 aliphatic carbocycles. The molecule has 1 fully saturated rings. The molecule has 8 nitrogen and oxygen atoms in total. The van der Waals surface area contributed by atoms with Crippen molar-refractivity contribution in [1.29, 1.82) is 0 Å². The summed E-state index contributed by atoms with van der Waals surface area (Å²) in [6.07, 6.45) is 7.84. The van der Waals surface area contributed by atoms with Crippen molar-refractivity contribution in [2.45, 2.75) is 25.9 Å². The Morgan fingerprint density at radius 1 is 1.00 bits per heavy atom. The number of benzene rings is 1. The highest BCUT2D eigenvalue weighted by molar-refractivity contribution is 5.89. The number of hydrogen-bond donors (Lipinski definition) is 0. The van der Waals surface area contributed by atoms with Crippen molar-refractivity contribution in [3.63, 3.8) is 0 Å². The molecule has 0 spiro atoms. The third-order valence-electron chi connectivity index (χ3n) is 7.35. The summed E-state index contributed by atoms with van der Waals surface area (Å²) in [6.45, 7) is 9.46. The van der Waals surface area contributed by atoms with Crippen LogP contribution in [0.1, 0.15) is 29.7 Å². The van der Waals surface area contributed by atoms with Crippen LogP contribution in [0.15, 0.2) is 49.2 Å². The number of piperazine rings is 1. The second kappa shape index (κ2) is 8.43. The van der Waals surface area contributed by atoms with Crippen molar-refractivity contribution in [3.8, 4) is 0 Å². The number of aromatic nitrogens is 5. The number of hydrogen-bond acceptors (Lipinski definition) is 6. The van der Waals surface area contributed by atoms with Crippen LogP contribution in [0.2, 0.25) is 0 Å². The van der Waals surface area contributed by atoms with E-state index in [1.54, 1.807) is 0 Å². The van der Waals surface area contributed by atoms with Crippen molar-refractivity contribution in [2.24, 2.45) is 14.1 Å². The van der Waals surface area contributed by atoms with Gasteiger partial charge in [-0.1, -0.05) is 13.0 Å². The van der Waals surface area contributed by atoms with Crippen LogP contribution in [0, 0.1) is 0 Å². The first kappa shape index (κ1) is 21.2. The monoisotopic (exact) mass is 456 g/mol. The summed E-state index contributed by atoms with van der Waals surface area (Å²) in [5, 5.41) is 5.55. The Labute approximate surface area is 200 Å². The van der Waals surface area contributed by atoms with E-state index in [-0.39, 0.29) is 0 Å². The van der Waals surface area contributed by atoms with E-state index in [2.05, 4.69) is 67.2 Å².